The van der Waals surface area contributed by atoms with Gasteiger partial charge in [-0.15, -0.1) is 0 Å². The molecule has 63 valence electrons. The molecule has 0 saturated heterocycles. The summed E-state index contributed by atoms with van der Waals surface area (Å²) in [7, 11) is 0. The van der Waals surface area contributed by atoms with Gasteiger partial charge >= 0.3 is 0 Å². The molecule has 1 aromatic carbocycles. The molecule has 1 radical (unpaired) electrons. The molecule has 0 aliphatic rings. The lowest BCUT2D eigenvalue weighted by molar-refractivity contribution is 1.38. The van der Waals surface area contributed by atoms with Crippen LogP contribution in [0, 0.1) is 40.6 Å². The molecule has 0 atom stereocenters. The maximum Gasteiger partial charge on any atom is 0.102 e. The van der Waals surface area contributed by atoms with E-state index in [0.717, 1.165) is 0 Å². The second kappa shape index (κ2) is 3.90. The fraction of sp³-hybridized carbons (Fsp3) is 0. The van der Waals surface area contributed by atoms with Gasteiger partial charge < -0.3 is 0 Å². The second-order valence-electron chi connectivity index (χ2n) is 2.45. The van der Waals surface area contributed by atoms with Gasteiger partial charge in [0.25, 0.3) is 0 Å². The van der Waals surface area contributed by atoms with Crippen LogP contribution in [0.2, 0.25) is 0 Å². The first-order valence-corrected chi connectivity index (χ1v) is 3.70. The zero-order chi connectivity index (χ0) is 10.6. The predicted octanol–water partition coefficient (Wildman–Crippen LogP) is 1.75. The van der Waals surface area contributed by atoms with E-state index >= 15 is 0 Å². The van der Waals surface area contributed by atoms with Crippen molar-refractivity contribution in [2.75, 3.05) is 0 Å². The SMILES string of the molecule is [CH]=Cc1ccc(C#N)c(C#N)c1C#N. The van der Waals surface area contributed by atoms with Crippen LogP contribution in [0.5, 0.6) is 0 Å². The zero-order valence-electron chi connectivity index (χ0n) is 7.15. The summed E-state index contributed by atoms with van der Waals surface area (Å²) in [5.41, 5.74) is 0.876. The monoisotopic (exact) mass is 178 g/mol. The van der Waals surface area contributed by atoms with Crippen molar-refractivity contribution >= 4 is 6.08 Å². The Bertz CT molecular complexity index is 507. The lowest BCUT2D eigenvalue weighted by Crippen LogP contribution is -1.92. The standard InChI is InChI=1S/C11H4N3/c1-2-8-3-4-9(5-12)11(7-14)10(8)6-13/h1-4H. The number of benzene rings is 1. The number of nitriles is 3. The molecule has 1 aromatic rings. The average molecular weight is 178 g/mol. The average Bonchev–Trinajstić information content (AvgIpc) is 2.26. The highest BCUT2D eigenvalue weighted by Gasteiger charge is 2.10. The van der Waals surface area contributed by atoms with E-state index < -0.39 is 0 Å². The maximum atomic E-state index is 8.80. The Morgan fingerprint density at radius 3 is 2.07 bits per heavy atom. The third-order valence-corrected chi connectivity index (χ3v) is 1.76. The summed E-state index contributed by atoms with van der Waals surface area (Å²) in [6.45, 7) is 5.27. The molecule has 1 rings (SSSR count). The van der Waals surface area contributed by atoms with Gasteiger partial charge in [-0.1, -0.05) is 18.7 Å². The molecule has 0 unspecified atom stereocenters. The molecule has 0 spiro atoms. The number of rotatable bonds is 1. The first-order valence-electron chi connectivity index (χ1n) is 3.70. The molecule has 0 fully saturated rings. The lowest BCUT2D eigenvalue weighted by Gasteiger charge is -2.00. The summed E-state index contributed by atoms with van der Waals surface area (Å²) in [5, 5.41) is 26.3. The summed E-state index contributed by atoms with van der Waals surface area (Å²) in [5.74, 6) is 0. The van der Waals surface area contributed by atoms with Crippen LogP contribution in [0.4, 0.5) is 0 Å². The zero-order valence-corrected chi connectivity index (χ0v) is 7.15. The minimum absolute atomic E-state index is 0.0780. The third kappa shape index (κ3) is 1.33. The molecule has 0 bridgehead atoms. The van der Waals surface area contributed by atoms with Crippen molar-refractivity contribution in [2.24, 2.45) is 0 Å². The quantitative estimate of drug-likeness (QED) is 0.657. The fourth-order valence-electron chi connectivity index (χ4n) is 1.09. The lowest BCUT2D eigenvalue weighted by atomic mass is 9.98. The van der Waals surface area contributed by atoms with E-state index in [0.29, 0.717) is 5.56 Å². The smallest absolute Gasteiger partial charge is 0.102 e. The van der Waals surface area contributed by atoms with Crippen LogP contribution in [0.1, 0.15) is 22.3 Å². The van der Waals surface area contributed by atoms with Crippen molar-refractivity contribution in [1.82, 2.24) is 0 Å². The van der Waals surface area contributed by atoms with Gasteiger partial charge in [0.15, 0.2) is 0 Å². The van der Waals surface area contributed by atoms with Crippen molar-refractivity contribution in [3.8, 4) is 18.2 Å². The van der Waals surface area contributed by atoms with E-state index in [2.05, 4.69) is 0 Å². The molecular weight excluding hydrogens is 174 g/mol. The third-order valence-electron chi connectivity index (χ3n) is 1.76. The molecule has 0 N–H and O–H groups in total. The van der Waals surface area contributed by atoms with Gasteiger partial charge in [-0.2, -0.15) is 15.8 Å². The normalized spacial score (nSPS) is 8.07. The van der Waals surface area contributed by atoms with E-state index in [-0.39, 0.29) is 16.7 Å². The van der Waals surface area contributed by atoms with Crippen LogP contribution in [-0.4, -0.2) is 0 Å². The van der Waals surface area contributed by atoms with Crippen LogP contribution >= 0.6 is 0 Å². The minimum Gasteiger partial charge on any atom is -0.192 e. The Kier molecular flexibility index (Phi) is 2.65. The van der Waals surface area contributed by atoms with Crippen molar-refractivity contribution in [1.29, 1.82) is 15.8 Å². The van der Waals surface area contributed by atoms with Crippen LogP contribution < -0.4 is 0 Å². The highest BCUT2D eigenvalue weighted by Crippen LogP contribution is 2.18. The fourth-order valence-corrected chi connectivity index (χ4v) is 1.09. The van der Waals surface area contributed by atoms with Gasteiger partial charge in [0.2, 0.25) is 0 Å². The summed E-state index contributed by atoms with van der Waals surface area (Å²) in [6, 6.07) is 8.53. The number of hydrogen-bond acceptors (Lipinski definition) is 3. The largest absolute Gasteiger partial charge is 0.192 e. The first-order chi connectivity index (χ1) is 6.78. The minimum atomic E-state index is 0.0780. The van der Waals surface area contributed by atoms with Crippen LogP contribution in [-0.2, 0) is 0 Å². The molecule has 3 nitrogen and oxygen atoms in total. The Hall–Kier alpha value is -2.57. The summed E-state index contributed by atoms with van der Waals surface area (Å²) in [6.07, 6.45) is 1.24. The van der Waals surface area contributed by atoms with Crippen LogP contribution in [0.25, 0.3) is 6.08 Å². The second-order valence-corrected chi connectivity index (χ2v) is 2.45. The van der Waals surface area contributed by atoms with E-state index in [1.807, 2.05) is 18.2 Å². The molecule has 3 heteroatoms. The van der Waals surface area contributed by atoms with Gasteiger partial charge in [-0.25, -0.2) is 0 Å². The highest BCUT2D eigenvalue weighted by molar-refractivity contribution is 5.65. The van der Waals surface area contributed by atoms with E-state index in [1.54, 1.807) is 0 Å². The number of hydrogen-bond donors (Lipinski definition) is 0. The Morgan fingerprint density at radius 2 is 1.64 bits per heavy atom. The Balaban J connectivity index is 3.67. The van der Waals surface area contributed by atoms with Crippen molar-refractivity contribution < 1.29 is 0 Å². The van der Waals surface area contributed by atoms with Crippen LogP contribution in [0.15, 0.2) is 12.1 Å². The first kappa shape index (κ1) is 9.52. The van der Waals surface area contributed by atoms with Crippen molar-refractivity contribution in [3.05, 3.63) is 41.0 Å². The van der Waals surface area contributed by atoms with Gasteiger partial charge in [0.05, 0.1) is 16.7 Å². The summed E-state index contributed by atoms with van der Waals surface area (Å²) in [4.78, 5) is 0. The van der Waals surface area contributed by atoms with Gasteiger partial charge in [-0.3, -0.25) is 0 Å². The van der Waals surface area contributed by atoms with Gasteiger partial charge in [0, 0.05) is 0 Å². The molecular formula is C11H4N3. The summed E-state index contributed by atoms with van der Waals surface area (Å²) < 4.78 is 0. The molecule has 14 heavy (non-hydrogen) atoms. The van der Waals surface area contributed by atoms with Crippen molar-refractivity contribution in [2.45, 2.75) is 0 Å². The van der Waals surface area contributed by atoms with Gasteiger partial charge in [0.1, 0.15) is 18.2 Å². The maximum absolute atomic E-state index is 8.80. The molecule has 0 aliphatic carbocycles. The molecule has 0 aromatic heterocycles. The highest BCUT2D eigenvalue weighted by atomic mass is 14.3. The molecule has 0 saturated carbocycles. The number of nitrogens with zero attached hydrogens (tertiary/aromatic N) is 3. The van der Waals surface area contributed by atoms with E-state index in [4.69, 9.17) is 22.4 Å². The topological polar surface area (TPSA) is 71.4 Å². The van der Waals surface area contributed by atoms with Crippen LogP contribution in [0.3, 0.4) is 0 Å². The molecule has 0 heterocycles. The predicted molar refractivity (Wildman–Crippen MR) is 49.4 cm³/mol. The van der Waals surface area contributed by atoms with Gasteiger partial charge in [-0.05, 0) is 11.6 Å². The molecule has 0 aliphatic heterocycles. The Labute approximate surface area is 81.7 Å². The summed E-state index contributed by atoms with van der Waals surface area (Å²) >= 11 is 0. The molecule has 0 amide bonds. The van der Waals surface area contributed by atoms with E-state index in [1.165, 1.54) is 18.2 Å². The Morgan fingerprint density at radius 1 is 1.00 bits per heavy atom. The van der Waals surface area contributed by atoms with Crippen molar-refractivity contribution in [3.63, 3.8) is 0 Å². The van der Waals surface area contributed by atoms with E-state index in [9.17, 15) is 0 Å².